The highest BCUT2D eigenvalue weighted by molar-refractivity contribution is 6.02. The highest BCUT2D eigenvalue weighted by atomic mass is 16.4. The number of phenolic OH excluding ortho intramolecular Hbond substituents is 2. The first kappa shape index (κ1) is 109. The van der Waals surface area contributed by atoms with E-state index >= 15 is 0 Å². The van der Waals surface area contributed by atoms with Gasteiger partial charge in [0.25, 0.3) is 0 Å². The number of carbonyl (C=O) groups excluding carboxylic acids is 18. The van der Waals surface area contributed by atoms with Gasteiger partial charge in [0.2, 0.25) is 106 Å². The average Bonchev–Trinajstić information content (AvgIpc) is 1.66. The summed E-state index contributed by atoms with van der Waals surface area (Å²) in [5, 5.41) is 123. The van der Waals surface area contributed by atoms with Crippen molar-refractivity contribution in [2.24, 2.45) is 28.7 Å². The second-order valence-electron chi connectivity index (χ2n) is 31.5. The normalized spacial score (nSPS) is 16.8. The number of nitrogens with two attached hydrogens (primary N) is 5. The molecule has 2 heterocycles. The standard InChI is InChI=1S/C82H121N23O27/c1-41(79(129)104-30-10-16-59(104)76(126)96-51(26-27-61(85)113)70(120)103-66(43(3)110)81(131)132)92-69(119)50(15-9-29-89-82(87)88)95-74(124)57(39-107)101-75(125)58(40-108)100-73(123)56(38-106)94-64(116)36-90-68(118)53(34-46-20-24-48(112)25-21-46)93-63(115)37-91-78(128)65(42(2)109)102-77(127)60-17-11-31-105(60)80(130)52(14-7-8-28-83)97-72(122)55(35-62(86)114)99-71(121)54(33-44-12-5-4-6-13-44)98-67(117)49(84)32-45-18-22-47(111)23-19-45/h4-6,12-13,18-25,41-43,49-60,65-66,106-112H,7-11,14-17,26-40,83-84H2,1-3H3,(H2,85,113)(H2,86,114)(H,90,118)(H,91,128)(H,92,119)(H,93,115)(H,94,116)(H,95,124)(H,96,126)(H,97,122)(H,98,117)(H,99,121)(H,100,123)(H,101,125)(H,102,127)(H,103,120)(H,131,132)(H4,87,88,89)/t41-,42+,43+,49-,50-,51-,52-,53-,54-,55-,56-,57-,58-,59-,60-,65-,66-/m0/s1. The van der Waals surface area contributed by atoms with Crippen LogP contribution in [0.2, 0.25) is 0 Å². The number of benzene rings is 3. The molecule has 3 aromatic rings. The van der Waals surface area contributed by atoms with Gasteiger partial charge in [-0.05, 0) is 139 Å². The summed E-state index contributed by atoms with van der Waals surface area (Å²) in [7, 11) is 0. The molecule has 726 valence electrons. The molecule has 0 unspecified atom stereocenters. The zero-order valence-electron chi connectivity index (χ0n) is 72.9. The summed E-state index contributed by atoms with van der Waals surface area (Å²) in [5.74, 6) is -21.3. The molecule has 2 aliphatic heterocycles. The van der Waals surface area contributed by atoms with Gasteiger partial charge in [0.1, 0.15) is 90.0 Å². The topological polar surface area (TPSA) is 827 Å². The maximum atomic E-state index is 14.7. The Balaban J connectivity index is 1.19. The van der Waals surface area contributed by atoms with Crippen LogP contribution in [-0.4, -0.2) is 331 Å². The number of hydrogen-bond acceptors (Lipinski definition) is 29. The average molecular weight is 1860 g/mol. The van der Waals surface area contributed by atoms with Crippen molar-refractivity contribution >= 4 is 118 Å². The van der Waals surface area contributed by atoms with Crippen LogP contribution >= 0.6 is 0 Å². The lowest BCUT2D eigenvalue weighted by Gasteiger charge is -2.31. The van der Waals surface area contributed by atoms with Crippen LogP contribution in [0.15, 0.2) is 78.9 Å². The first-order chi connectivity index (χ1) is 62.5. The second kappa shape index (κ2) is 54.6. The van der Waals surface area contributed by atoms with Crippen LogP contribution in [0.4, 0.5) is 0 Å². The van der Waals surface area contributed by atoms with Gasteiger partial charge >= 0.3 is 5.97 Å². The summed E-state index contributed by atoms with van der Waals surface area (Å²) < 4.78 is 0. The third-order valence-electron chi connectivity index (χ3n) is 21.0. The van der Waals surface area contributed by atoms with E-state index in [2.05, 4.69) is 74.4 Å². The van der Waals surface area contributed by atoms with E-state index in [0.29, 0.717) is 23.1 Å². The van der Waals surface area contributed by atoms with Crippen molar-refractivity contribution < 1.29 is 132 Å². The van der Waals surface area contributed by atoms with E-state index in [9.17, 15) is 132 Å². The van der Waals surface area contributed by atoms with E-state index in [1.165, 1.54) is 43.3 Å². The van der Waals surface area contributed by atoms with Crippen molar-refractivity contribution in [3.05, 3.63) is 95.6 Å². The largest absolute Gasteiger partial charge is 0.508 e. The Hall–Kier alpha value is -13.8. The molecule has 132 heavy (non-hydrogen) atoms. The van der Waals surface area contributed by atoms with Crippen LogP contribution in [0.3, 0.4) is 0 Å². The Morgan fingerprint density at radius 1 is 0.424 bits per heavy atom. The van der Waals surface area contributed by atoms with E-state index in [1.54, 1.807) is 42.5 Å². The summed E-state index contributed by atoms with van der Waals surface area (Å²) >= 11 is 0. The number of aromatic hydroxyl groups is 2. The highest BCUT2D eigenvalue weighted by Gasteiger charge is 2.44. The minimum atomic E-state index is -2.02. The van der Waals surface area contributed by atoms with Crippen molar-refractivity contribution in [3.63, 3.8) is 0 Å². The van der Waals surface area contributed by atoms with Gasteiger partial charge in [0.15, 0.2) is 12.0 Å². The molecule has 0 radical (unpaired) electrons. The fraction of sp³-hybridized carbons (Fsp3) is 0.537. The van der Waals surface area contributed by atoms with Crippen LogP contribution in [0.5, 0.6) is 11.5 Å². The molecule has 2 aliphatic rings. The quantitative estimate of drug-likeness (QED) is 0.0142. The molecule has 34 N–H and O–H groups in total. The lowest BCUT2D eigenvalue weighted by atomic mass is 10.0. The number of aliphatic carboxylic acids is 1. The predicted octanol–water partition coefficient (Wildman–Crippen LogP) is -12.1. The van der Waals surface area contributed by atoms with Crippen LogP contribution in [-0.2, 0) is 110 Å². The van der Waals surface area contributed by atoms with Crippen LogP contribution in [0.1, 0.15) is 115 Å². The van der Waals surface area contributed by atoms with Crippen molar-refractivity contribution in [2.75, 3.05) is 59.1 Å². The smallest absolute Gasteiger partial charge is 0.328 e. The van der Waals surface area contributed by atoms with Crippen LogP contribution in [0.25, 0.3) is 0 Å². The van der Waals surface area contributed by atoms with Gasteiger partial charge in [-0.3, -0.25) is 91.7 Å². The van der Waals surface area contributed by atoms with Gasteiger partial charge in [0, 0.05) is 38.9 Å². The number of carboxylic acid groups (broad SMARTS) is 1. The fourth-order valence-electron chi connectivity index (χ4n) is 13.9. The van der Waals surface area contributed by atoms with E-state index in [1.807, 2.05) is 5.32 Å². The maximum absolute atomic E-state index is 14.7. The molecule has 0 spiro atoms. The van der Waals surface area contributed by atoms with Gasteiger partial charge < -0.3 is 159 Å². The first-order valence-corrected chi connectivity index (χ1v) is 42.4. The number of phenols is 2. The maximum Gasteiger partial charge on any atom is 0.328 e. The molecule has 2 fully saturated rings. The number of aliphatic hydroxyl groups is 5. The van der Waals surface area contributed by atoms with Gasteiger partial charge in [-0.1, -0.05) is 54.6 Å². The van der Waals surface area contributed by atoms with Crippen molar-refractivity contribution in [3.8, 4) is 11.5 Å². The summed E-state index contributed by atoms with van der Waals surface area (Å²) in [6.07, 6.45) is -4.84. The molecule has 0 bridgehead atoms. The zero-order valence-corrected chi connectivity index (χ0v) is 72.9. The molecule has 0 saturated carbocycles. The van der Waals surface area contributed by atoms with Crippen molar-refractivity contribution in [1.82, 2.24) is 89.6 Å². The molecule has 0 aliphatic carbocycles. The minimum Gasteiger partial charge on any atom is -0.508 e. The van der Waals surface area contributed by atoms with E-state index in [-0.39, 0.29) is 108 Å². The second-order valence-corrected chi connectivity index (χ2v) is 31.5. The first-order valence-electron chi connectivity index (χ1n) is 42.4. The van der Waals surface area contributed by atoms with Gasteiger partial charge in [0.05, 0.1) is 57.6 Å². The van der Waals surface area contributed by atoms with E-state index in [0.717, 1.165) is 23.6 Å². The molecule has 18 amide bonds. The Labute approximate surface area is 756 Å². The Morgan fingerprint density at radius 3 is 1.34 bits per heavy atom. The molecule has 17 atom stereocenters. The third-order valence-corrected chi connectivity index (χ3v) is 21.0. The van der Waals surface area contributed by atoms with Gasteiger partial charge in [-0.15, -0.1) is 0 Å². The number of hydrogen-bond donors (Lipinski definition) is 29. The monoisotopic (exact) mass is 1860 g/mol. The molecule has 0 aromatic heterocycles. The van der Waals surface area contributed by atoms with Crippen molar-refractivity contribution in [1.29, 1.82) is 5.41 Å². The van der Waals surface area contributed by atoms with Crippen LogP contribution in [0, 0.1) is 5.41 Å². The lowest BCUT2D eigenvalue weighted by Crippen LogP contribution is -2.61. The number of aliphatic hydroxyl groups excluding tert-OH is 5. The van der Waals surface area contributed by atoms with Gasteiger partial charge in [-0.2, -0.15) is 0 Å². The number of primary amides is 2. The molecule has 50 heteroatoms. The Bertz CT molecular complexity index is 4520. The SMILES string of the molecule is C[C@H](NC(=O)[C@H](CCCNC(=N)N)NC(=O)[C@H](CO)NC(=O)[C@H](CO)NC(=O)[C@H](CO)NC(=O)CNC(=O)[C@H](Cc1ccc(O)cc1)NC(=O)CNC(=O)[C@@H](NC(=O)[C@@H]1CCCN1C(=O)[C@H](CCCCN)NC(=O)[C@H](CC(N)=O)NC(=O)[C@H](Cc1ccccc1)NC(=O)[C@@H](N)Cc1ccc(O)cc1)[C@@H](C)O)C(=O)N1CCC[C@H]1C(=O)N[C@@H](CCC(N)=O)C(=O)N[C@H](C(=O)O)[C@@H](C)O. The third kappa shape index (κ3) is 35.9. The molecule has 3 aromatic carbocycles. The summed E-state index contributed by atoms with van der Waals surface area (Å²) in [5.41, 5.74) is 29.8. The zero-order chi connectivity index (χ0) is 98.2. The van der Waals surface area contributed by atoms with Crippen molar-refractivity contribution in [2.45, 2.75) is 220 Å². The lowest BCUT2D eigenvalue weighted by molar-refractivity contribution is -0.146. The molecular weight excluding hydrogens is 1740 g/mol. The number of nitrogens with one attached hydrogen (secondary N) is 16. The molecular formula is C82H121N23O27. The number of rotatable bonds is 55. The highest BCUT2D eigenvalue weighted by Crippen LogP contribution is 2.23. The van der Waals surface area contributed by atoms with Gasteiger partial charge in [-0.25, -0.2) is 4.79 Å². The molecule has 5 rings (SSSR count). The minimum absolute atomic E-state index is 0.00474. The molecule has 50 nitrogen and oxygen atoms in total. The number of carbonyl (C=O) groups is 19. The number of unbranched alkanes of at least 4 members (excludes halogenated alkanes) is 1. The van der Waals surface area contributed by atoms with E-state index in [4.69, 9.17) is 34.1 Å². The van der Waals surface area contributed by atoms with E-state index < -0.39 is 273 Å². The predicted molar refractivity (Wildman–Crippen MR) is 463 cm³/mol. The Morgan fingerprint density at radius 2 is 0.841 bits per heavy atom. The number of likely N-dealkylation sites (tertiary alicyclic amines) is 2. The number of nitrogens with zero attached hydrogens (tertiary/aromatic N) is 2. The fourth-order valence-corrected chi connectivity index (χ4v) is 13.9. The number of guanidine groups is 1. The summed E-state index contributed by atoms with van der Waals surface area (Å²) in [4.78, 5) is 260. The number of amides is 18. The van der Waals surface area contributed by atoms with Crippen LogP contribution < -0.4 is 108 Å². The Kier molecular flexibility index (Phi) is 45.0. The summed E-state index contributed by atoms with van der Waals surface area (Å²) in [6, 6.07) is -4.78. The summed E-state index contributed by atoms with van der Waals surface area (Å²) in [6.45, 7) is -2.22. The number of carboxylic acids is 1. The molecule has 2 saturated heterocycles.